The minimum absolute atomic E-state index is 0.298. The van der Waals surface area contributed by atoms with Crippen LogP contribution in [0.5, 0.6) is 0 Å². The number of hydrogen-bond acceptors (Lipinski definition) is 4. The SMILES string of the molecule is Cc1cc(C(=O)Nc2sccc2C(N)=O)ccc1N. The number of aryl methyl sites for hydroxylation is 1. The number of anilines is 2. The molecule has 5 nitrogen and oxygen atoms in total. The van der Waals surface area contributed by atoms with E-state index in [0.717, 1.165) is 5.56 Å². The van der Waals surface area contributed by atoms with Crippen molar-refractivity contribution in [3.05, 3.63) is 46.3 Å². The number of amides is 2. The largest absolute Gasteiger partial charge is 0.399 e. The molecule has 0 bridgehead atoms. The van der Waals surface area contributed by atoms with E-state index in [4.69, 9.17) is 11.5 Å². The second-order valence-electron chi connectivity index (χ2n) is 4.05. The first-order chi connectivity index (χ1) is 8.99. The Morgan fingerprint density at radius 1 is 1.26 bits per heavy atom. The maximum atomic E-state index is 12.1. The highest BCUT2D eigenvalue weighted by Crippen LogP contribution is 2.23. The van der Waals surface area contributed by atoms with Crippen LogP contribution in [0, 0.1) is 6.92 Å². The van der Waals surface area contributed by atoms with E-state index in [-0.39, 0.29) is 5.91 Å². The molecule has 0 aliphatic carbocycles. The van der Waals surface area contributed by atoms with E-state index >= 15 is 0 Å². The molecule has 1 heterocycles. The molecule has 0 saturated heterocycles. The molecular weight excluding hydrogens is 262 g/mol. The second-order valence-corrected chi connectivity index (χ2v) is 4.97. The highest BCUT2D eigenvalue weighted by molar-refractivity contribution is 7.14. The fourth-order valence-electron chi connectivity index (χ4n) is 1.59. The van der Waals surface area contributed by atoms with Gasteiger partial charge in [0.2, 0.25) is 0 Å². The molecule has 5 N–H and O–H groups in total. The van der Waals surface area contributed by atoms with Crippen molar-refractivity contribution < 1.29 is 9.59 Å². The smallest absolute Gasteiger partial charge is 0.256 e. The van der Waals surface area contributed by atoms with Crippen LogP contribution < -0.4 is 16.8 Å². The fourth-order valence-corrected chi connectivity index (χ4v) is 2.38. The molecule has 0 atom stereocenters. The van der Waals surface area contributed by atoms with Gasteiger partial charge in [0.25, 0.3) is 11.8 Å². The van der Waals surface area contributed by atoms with Gasteiger partial charge < -0.3 is 16.8 Å². The summed E-state index contributed by atoms with van der Waals surface area (Å²) in [7, 11) is 0. The minimum atomic E-state index is -0.565. The monoisotopic (exact) mass is 275 g/mol. The third kappa shape index (κ3) is 2.74. The highest BCUT2D eigenvalue weighted by Gasteiger charge is 2.14. The first-order valence-corrected chi connectivity index (χ1v) is 6.42. The van der Waals surface area contributed by atoms with Crippen molar-refractivity contribution in [3.63, 3.8) is 0 Å². The van der Waals surface area contributed by atoms with Crippen molar-refractivity contribution in [3.8, 4) is 0 Å². The van der Waals surface area contributed by atoms with Gasteiger partial charge in [-0.2, -0.15) is 0 Å². The molecule has 2 amide bonds. The Bertz CT molecular complexity index is 649. The fraction of sp³-hybridized carbons (Fsp3) is 0.0769. The van der Waals surface area contributed by atoms with Crippen molar-refractivity contribution in [2.45, 2.75) is 6.92 Å². The first kappa shape index (κ1) is 13.1. The summed E-state index contributed by atoms with van der Waals surface area (Å²) < 4.78 is 0. The summed E-state index contributed by atoms with van der Waals surface area (Å²) in [5, 5.41) is 4.82. The summed E-state index contributed by atoms with van der Waals surface area (Å²) in [4.78, 5) is 23.2. The highest BCUT2D eigenvalue weighted by atomic mass is 32.1. The van der Waals surface area contributed by atoms with Crippen LogP contribution in [0.3, 0.4) is 0 Å². The average molecular weight is 275 g/mol. The van der Waals surface area contributed by atoms with Gasteiger partial charge >= 0.3 is 0 Å². The summed E-state index contributed by atoms with van der Waals surface area (Å²) in [5.41, 5.74) is 13.2. The Labute approximate surface area is 114 Å². The van der Waals surface area contributed by atoms with Gasteiger partial charge in [-0.3, -0.25) is 9.59 Å². The number of nitrogens with two attached hydrogens (primary N) is 2. The number of rotatable bonds is 3. The molecule has 0 spiro atoms. The van der Waals surface area contributed by atoms with E-state index in [1.54, 1.807) is 29.6 Å². The number of primary amides is 1. The first-order valence-electron chi connectivity index (χ1n) is 5.54. The molecule has 1 aromatic heterocycles. The van der Waals surface area contributed by atoms with E-state index in [9.17, 15) is 9.59 Å². The Morgan fingerprint density at radius 3 is 2.63 bits per heavy atom. The van der Waals surface area contributed by atoms with Gasteiger partial charge in [-0.15, -0.1) is 11.3 Å². The molecule has 0 aliphatic heterocycles. The van der Waals surface area contributed by atoms with Crippen molar-refractivity contribution in [2.24, 2.45) is 5.73 Å². The Balaban J connectivity index is 2.23. The lowest BCUT2D eigenvalue weighted by atomic mass is 10.1. The number of nitrogen functional groups attached to an aromatic ring is 1. The molecule has 1 aromatic carbocycles. The van der Waals surface area contributed by atoms with Gasteiger partial charge in [0, 0.05) is 11.3 Å². The lowest BCUT2D eigenvalue weighted by Gasteiger charge is -2.06. The zero-order valence-corrected chi connectivity index (χ0v) is 11.1. The number of carbonyl (C=O) groups is 2. The second kappa shape index (κ2) is 5.11. The lowest BCUT2D eigenvalue weighted by molar-refractivity contribution is 0.100. The molecule has 0 radical (unpaired) electrons. The van der Waals surface area contributed by atoms with Gasteiger partial charge in [-0.25, -0.2) is 0 Å². The van der Waals surface area contributed by atoms with E-state index in [1.165, 1.54) is 11.3 Å². The predicted molar refractivity (Wildman–Crippen MR) is 76.4 cm³/mol. The third-order valence-electron chi connectivity index (χ3n) is 2.69. The number of carbonyl (C=O) groups excluding carboxylic acids is 2. The van der Waals surface area contributed by atoms with Crippen LogP contribution in [-0.2, 0) is 0 Å². The maximum absolute atomic E-state index is 12.1. The lowest BCUT2D eigenvalue weighted by Crippen LogP contribution is -2.16. The van der Waals surface area contributed by atoms with E-state index in [2.05, 4.69) is 5.32 Å². The van der Waals surface area contributed by atoms with E-state index < -0.39 is 5.91 Å². The van der Waals surface area contributed by atoms with Crippen molar-refractivity contribution >= 4 is 33.8 Å². The normalized spacial score (nSPS) is 10.2. The molecule has 98 valence electrons. The van der Waals surface area contributed by atoms with Crippen LogP contribution in [0.25, 0.3) is 0 Å². The third-order valence-corrected chi connectivity index (χ3v) is 3.52. The van der Waals surface area contributed by atoms with Gasteiger partial charge in [0.05, 0.1) is 5.56 Å². The molecule has 2 rings (SSSR count). The van der Waals surface area contributed by atoms with E-state index in [1.807, 2.05) is 6.92 Å². The van der Waals surface area contributed by atoms with Gasteiger partial charge in [0.15, 0.2) is 0 Å². The molecular formula is C13H13N3O2S. The Kier molecular flexibility index (Phi) is 3.52. The molecule has 0 fully saturated rings. The molecule has 0 saturated carbocycles. The van der Waals surface area contributed by atoms with Crippen LogP contribution in [0.4, 0.5) is 10.7 Å². The number of hydrogen-bond donors (Lipinski definition) is 3. The summed E-state index contributed by atoms with van der Waals surface area (Å²) in [6.07, 6.45) is 0. The van der Waals surface area contributed by atoms with Crippen LogP contribution in [0.15, 0.2) is 29.6 Å². The summed E-state index contributed by atoms with van der Waals surface area (Å²) in [5.74, 6) is -0.863. The zero-order valence-electron chi connectivity index (χ0n) is 10.3. The summed E-state index contributed by atoms with van der Waals surface area (Å²) in [6, 6.07) is 6.59. The van der Waals surface area contributed by atoms with Gasteiger partial charge in [-0.05, 0) is 42.1 Å². The van der Waals surface area contributed by atoms with Crippen molar-refractivity contribution in [1.29, 1.82) is 0 Å². The minimum Gasteiger partial charge on any atom is -0.399 e. The summed E-state index contributed by atoms with van der Waals surface area (Å²) >= 11 is 1.25. The molecule has 0 unspecified atom stereocenters. The van der Waals surface area contributed by atoms with Crippen LogP contribution in [0.1, 0.15) is 26.3 Å². The zero-order chi connectivity index (χ0) is 14.0. The average Bonchev–Trinajstić information content (AvgIpc) is 2.80. The van der Waals surface area contributed by atoms with Crippen LogP contribution in [-0.4, -0.2) is 11.8 Å². The van der Waals surface area contributed by atoms with Crippen molar-refractivity contribution in [2.75, 3.05) is 11.1 Å². The maximum Gasteiger partial charge on any atom is 0.256 e. The molecule has 2 aromatic rings. The standard InChI is InChI=1S/C13H13N3O2S/c1-7-6-8(2-3-10(7)14)12(18)16-13-9(11(15)17)4-5-19-13/h2-6H,14H2,1H3,(H2,15,17)(H,16,18). The van der Waals surface area contributed by atoms with Crippen LogP contribution in [0.2, 0.25) is 0 Å². The quantitative estimate of drug-likeness (QED) is 0.747. The molecule has 19 heavy (non-hydrogen) atoms. The van der Waals surface area contributed by atoms with Crippen molar-refractivity contribution in [1.82, 2.24) is 0 Å². The van der Waals surface area contributed by atoms with Gasteiger partial charge in [0.1, 0.15) is 5.00 Å². The number of thiophene rings is 1. The summed E-state index contributed by atoms with van der Waals surface area (Å²) in [6.45, 7) is 1.83. The molecule has 6 heteroatoms. The Hall–Kier alpha value is -2.34. The topological polar surface area (TPSA) is 98.2 Å². The van der Waals surface area contributed by atoms with E-state index in [0.29, 0.717) is 21.8 Å². The number of nitrogens with one attached hydrogen (secondary N) is 1. The van der Waals surface area contributed by atoms with Crippen LogP contribution >= 0.6 is 11.3 Å². The van der Waals surface area contributed by atoms with Gasteiger partial charge in [-0.1, -0.05) is 0 Å². The Morgan fingerprint density at radius 2 is 2.00 bits per heavy atom. The number of benzene rings is 1. The predicted octanol–water partition coefficient (Wildman–Crippen LogP) is 1.99. The molecule has 0 aliphatic rings.